The van der Waals surface area contributed by atoms with Crippen LogP contribution >= 0.6 is 0 Å². The van der Waals surface area contributed by atoms with Crippen molar-refractivity contribution in [1.29, 1.82) is 0 Å². The first kappa shape index (κ1) is 86.0. The minimum Gasteiger partial charge on any atom is -0.496 e. The topological polar surface area (TPSA) is 289 Å². The standard InChI is InChI=1S/C80H117F3N12O14/c1-15-50(4)67-75(105)89(9)47-66(98)91(11)59-31-23-20-26-40-94(74(59)104)62-41-52-34-32-51(33-35-52)27-21-18-19-22-30-58(69(99)85-67)90(10)65(97)44-61(72(102)87(7)16-2)92(12)76(106)68(54-28-24-25-29-54)93(13)77(107)79(48-78(5,6)49-79)86-70(100)60-43-55(109-17-3)45-95(60)71(101)57(84-64(96)46-88(8)73(62)103)39-37-53-36-38-56(80(81,82)83)63(42-53)108-14/h20,23,32-36,38,42,50,54-55,57-62,67-68H,15-19,21-22,24-31,37,39-41,43-49H2,1-14H3,(H,84,96)(H,85,99)(H,86,100)/b23-20-/t50-,55+,57-,58-,59-,60-,61-,62-,67-,68-/m0/s1. The molecule has 10 atom stereocenters. The molecule has 29 heteroatoms. The number of alkyl halides is 3. The number of methoxy groups -OCH3 is 1. The van der Waals surface area contributed by atoms with Crippen molar-refractivity contribution in [2.75, 3.05) is 95.8 Å². The average molecular weight is 1530 g/mol. The first-order valence-corrected chi connectivity index (χ1v) is 38.9. The van der Waals surface area contributed by atoms with Gasteiger partial charge in [0.15, 0.2) is 0 Å². The summed E-state index contributed by atoms with van der Waals surface area (Å²) >= 11 is 0. The van der Waals surface area contributed by atoms with Crippen molar-refractivity contribution < 1.29 is 80.2 Å². The van der Waals surface area contributed by atoms with Gasteiger partial charge in [0.25, 0.3) is 0 Å². The van der Waals surface area contributed by atoms with Gasteiger partial charge in [0.1, 0.15) is 59.6 Å². The van der Waals surface area contributed by atoms with Crippen LogP contribution in [0.25, 0.3) is 0 Å². The molecule has 11 rings (SSSR count). The third-order valence-electron chi connectivity index (χ3n) is 23.4. The normalized spacial score (nSPS) is 27.1. The lowest BCUT2D eigenvalue weighted by Crippen LogP contribution is -2.71. The molecular formula is C80H117F3N12O14. The van der Waals surface area contributed by atoms with Gasteiger partial charge in [-0.25, -0.2) is 0 Å². The van der Waals surface area contributed by atoms with Crippen molar-refractivity contribution in [2.24, 2.45) is 17.3 Å². The first-order chi connectivity index (χ1) is 51.5. The first-order valence-electron chi connectivity index (χ1n) is 38.9. The van der Waals surface area contributed by atoms with Gasteiger partial charge in [-0.2, -0.15) is 13.2 Å². The lowest BCUT2D eigenvalue weighted by atomic mass is 9.58. The third kappa shape index (κ3) is 20.7. The number of likely N-dealkylation sites (N-methyl/N-ethyl adjacent to an activating group) is 7. The summed E-state index contributed by atoms with van der Waals surface area (Å²) in [6, 6.07) is 0.305. The van der Waals surface area contributed by atoms with Gasteiger partial charge in [0, 0.05) is 88.4 Å². The van der Waals surface area contributed by atoms with Crippen LogP contribution in [0.5, 0.6) is 5.75 Å². The molecule has 26 nitrogen and oxygen atoms in total. The van der Waals surface area contributed by atoms with E-state index in [0.29, 0.717) is 81.8 Å². The number of hydrogen-bond acceptors (Lipinski definition) is 14. The monoisotopic (exact) mass is 1530 g/mol. The molecular weight excluding hydrogens is 1410 g/mol. The summed E-state index contributed by atoms with van der Waals surface area (Å²) in [7, 11) is 11.2. The lowest BCUT2D eigenvalue weighted by molar-refractivity contribution is -0.161. The van der Waals surface area contributed by atoms with E-state index in [4.69, 9.17) is 9.47 Å². The Labute approximate surface area is 640 Å². The maximum Gasteiger partial charge on any atom is 0.419 e. The van der Waals surface area contributed by atoms with Crippen LogP contribution in [0.2, 0.25) is 0 Å². The maximum atomic E-state index is 15.9. The van der Waals surface area contributed by atoms with Gasteiger partial charge in [-0.3, -0.25) is 57.5 Å². The number of rotatable bonds is 11. The summed E-state index contributed by atoms with van der Waals surface area (Å²) in [6.45, 7) is 9.83. The molecule has 7 aliphatic heterocycles. The molecule has 3 N–H and O–H groups in total. The molecule has 4 fully saturated rings. The Kier molecular flexibility index (Phi) is 29.5. The van der Waals surface area contributed by atoms with Crippen LogP contribution in [-0.4, -0.2) is 271 Å². The average Bonchev–Trinajstić information content (AvgIpc) is 1.42. The van der Waals surface area contributed by atoms with Crippen LogP contribution in [0.3, 0.4) is 0 Å². The van der Waals surface area contributed by atoms with Crippen LogP contribution in [0.4, 0.5) is 13.2 Å². The molecule has 602 valence electrons. The largest absolute Gasteiger partial charge is 0.496 e. The summed E-state index contributed by atoms with van der Waals surface area (Å²) in [4.78, 5) is 196. The van der Waals surface area contributed by atoms with Crippen LogP contribution in [0.1, 0.15) is 173 Å². The summed E-state index contributed by atoms with van der Waals surface area (Å²) < 4.78 is 54.0. The van der Waals surface area contributed by atoms with E-state index < -0.39 is 185 Å². The fourth-order valence-corrected chi connectivity index (χ4v) is 16.8. The number of amides is 12. The fourth-order valence-electron chi connectivity index (χ4n) is 16.8. The predicted octanol–water partition coefficient (Wildman–Crippen LogP) is 5.94. The zero-order valence-electron chi connectivity index (χ0n) is 66.3. The number of benzene rings is 2. The number of aryl methyl sites for hydroxylation is 2. The second-order valence-corrected chi connectivity index (χ2v) is 31.8. The van der Waals surface area contributed by atoms with Crippen LogP contribution < -0.4 is 20.7 Å². The van der Waals surface area contributed by atoms with E-state index in [-0.39, 0.29) is 77.6 Å². The quantitative estimate of drug-likeness (QED) is 0.220. The zero-order chi connectivity index (χ0) is 80.1. The van der Waals surface area contributed by atoms with Crippen molar-refractivity contribution >= 4 is 70.9 Å². The van der Waals surface area contributed by atoms with Crippen molar-refractivity contribution in [3.8, 4) is 5.75 Å². The summed E-state index contributed by atoms with van der Waals surface area (Å²) in [5.41, 5.74) is -1.36. The molecule has 7 heterocycles. The third-order valence-corrected chi connectivity index (χ3v) is 23.4. The van der Waals surface area contributed by atoms with Gasteiger partial charge in [-0.1, -0.05) is 109 Å². The van der Waals surface area contributed by atoms with E-state index in [2.05, 4.69) is 16.0 Å². The van der Waals surface area contributed by atoms with Crippen LogP contribution in [0, 0.1) is 17.3 Å². The van der Waals surface area contributed by atoms with E-state index in [1.807, 2.05) is 51.1 Å². The van der Waals surface area contributed by atoms with E-state index in [0.717, 1.165) is 23.6 Å². The Morgan fingerprint density at radius 3 is 1.94 bits per heavy atom. The second kappa shape index (κ2) is 37.4. The number of carbonyl (C=O) groups is 12. The summed E-state index contributed by atoms with van der Waals surface area (Å²) in [6.07, 6.45) is 3.52. The number of ether oxygens (including phenoxy) is 2. The Morgan fingerprint density at radius 2 is 1.31 bits per heavy atom. The molecule has 2 saturated carbocycles. The predicted molar refractivity (Wildman–Crippen MR) is 401 cm³/mol. The molecule has 1 spiro atoms. The smallest absolute Gasteiger partial charge is 0.419 e. The minimum atomic E-state index is -4.78. The molecule has 2 aromatic carbocycles. The molecule has 2 saturated heterocycles. The van der Waals surface area contributed by atoms with Gasteiger partial charge < -0.3 is 69.5 Å². The number of carbonyl (C=O) groups excluding carboxylic acids is 12. The van der Waals surface area contributed by atoms with Crippen molar-refractivity contribution in [1.82, 2.24) is 60.0 Å². The highest BCUT2D eigenvalue weighted by molar-refractivity contribution is 6.01. The molecule has 2 aromatic rings. The van der Waals surface area contributed by atoms with Gasteiger partial charge >= 0.3 is 6.18 Å². The highest BCUT2D eigenvalue weighted by Crippen LogP contribution is 2.50. The summed E-state index contributed by atoms with van der Waals surface area (Å²) in [5.74, 6) is -9.63. The molecule has 109 heavy (non-hydrogen) atoms. The van der Waals surface area contributed by atoms with Gasteiger partial charge in [-0.05, 0) is 131 Å². The van der Waals surface area contributed by atoms with Gasteiger partial charge in [-0.15, -0.1) is 0 Å². The Morgan fingerprint density at radius 1 is 0.670 bits per heavy atom. The number of hydrogen-bond donors (Lipinski definition) is 3. The number of nitrogens with one attached hydrogen (secondary N) is 3. The molecule has 9 aliphatic rings. The molecule has 12 amide bonds. The Bertz CT molecular complexity index is 3650. The highest BCUT2D eigenvalue weighted by atomic mass is 19.4. The second-order valence-electron chi connectivity index (χ2n) is 31.8. The van der Waals surface area contributed by atoms with Crippen molar-refractivity contribution in [3.63, 3.8) is 0 Å². The molecule has 0 unspecified atom stereocenters. The minimum absolute atomic E-state index is 0.00612. The van der Waals surface area contributed by atoms with Gasteiger partial charge in [0.2, 0.25) is 70.9 Å². The molecule has 0 aromatic heterocycles. The Balaban J connectivity index is 1.28. The lowest BCUT2D eigenvalue weighted by Gasteiger charge is -2.54. The fraction of sp³-hybridized carbons (Fsp3) is 0.675. The van der Waals surface area contributed by atoms with Gasteiger partial charge in [0.05, 0.1) is 38.3 Å². The number of nitrogens with zero attached hydrogens (tertiary/aromatic N) is 9. The van der Waals surface area contributed by atoms with E-state index in [1.54, 1.807) is 33.9 Å². The van der Waals surface area contributed by atoms with Crippen LogP contribution in [0.15, 0.2) is 54.6 Å². The van der Waals surface area contributed by atoms with E-state index in [1.165, 1.54) is 93.6 Å². The van der Waals surface area contributed by atoms with E-state index in [9.17, 15) is 32.3 Å². The number of halogens is 3. The SMILES string of the molecule is CCO[C@@H]1C[C@H]2C(=O)NC3(CC(C)(C)C3)C(=O)N(C)[C@@H](C3CCCC3)C(=O)N(C)[C@H](C(=O)N(C)CC)CC(=O)N(C)[C@H]3CCCCCCc4ccc(cc4)C[C@@H](C(=O)N(C)CC(=O)N[C@@H](CCc4ccc(C(F)(F)F)c(OC)c4)C(=O)N2C1)N1CC/C=C\C[C@@H](C1=O)N(C)C(=O)CN(C)C(=O)[C@H]([C@@H](C)CC)NC3=O. The molecule has 0 radical (unpaired) electrons. The van der Waals surface area contributed by atoms with Crippen molar-refractivity contribution in [3.05, 3.63) is 76.9 Å². The Hall–Kier alpha value is -8.63. The van der Waals surface area contributed by atoms with Crippen molar-refractivity contribution in [2.45, 2.75) is 236 Å². The maximum absolute atomic E-state index is 15.9. The molecule has 2 aliphatic carbocycles. The summed E-state index contributed by atoms with van der Waals surface area (Å²) in [5, 5.41) is 8.86. The molecule has 6 bridgehead atoms. The highest BCUT2D eigenvalue weighted by Gasteiger charge is 2.59. The zero-order valence-corrected chi connectivity index (χ0v) is 66.3. The van der Waals surface area contributed by atoms with E-state index >= 15 is 38.4 Å². The van der Waals surface area contributed by atoms with Crippen LogP contribution in [-0.2, 0) is 87.7 Å².